The van der Waals surface area contributed by atoms with Crippen LogP contribution >= 0.6 is 0 Å². The Bertz CT molecular complexity index is 268. The molecule has 1 aromatic rings. The van der Waals surface area contributed by atoms with Gasteiger partial charge in [0.2, 0.25) is 0 Å². The molecule has 2 heterocycles. The molecule has 0 amide bonds. The van der Waals surface area contributed by atoms with Gasteiger partial charge in [0.15, 0.2) is 0 Å². The zero-order chi connectivity index (χ0) is 9.80. The molecule has 1 aliphatic heterocycles. The van der Waals surface area contributed by atoms with Crippen molar-refractivity contribution in [2.24, 2.45) is 0 Å². The Morgan fingerprint density at radius 1 is 1.50 bits per heavy atom. The second kappa shape index (κ2) is 4.42. The minimum absolute atomic E-state index is 0.432. The number of ether oxygens (including phenoxy) is 1. The van der Waals surface area contributed by atoms with E-state index in [1.807, 2.05) is 12.1 Å². The van der Waals surface area contributed by atoms with Crippen molar-refractivity contribution >= 4 is 5.82 Å². The van der Waals surface area contributed by atoms with Gasteiger partial charge in [-0.15, -0.1) is 0 Å². The Kier molecular flexibility index (Phi) is 2.99. The molecule has 0 bridgehead atoms. The summed E-state index contributed by atoms with van der Waals surface area (Å²) in [7, 11) is 1.79. The van der Waals surface area contributed by atoms with Crippen molar-refractivity contribution in [2.75, 3.05) is 25.1 Å². The third-order valence-corrected chi connectivity index (χ3v) is 2.70. The van der Waals surface area contributed by atoms with Gasteiger partial charge in [0.05, 0.1) is 6.10 Å². The third kappa shape index (κ3) is 2.04. The largest absolute Gasteiger partial charge is 0.381 e. The molecular weight excluding hydrogens is 176 g/mol. The third-order valence-electron chi connectivity index (χ3n) is 2.70. The molecule has 0 spiro atoms. The molecule has 1 saturated heterocycles. The van der Waals surface area contributed by atoms with Crippen LogP contribution in [0.15, 0.2) is 18.3 Å². The summed E-state index contributed by atoms with van der Waals surface area (Å²) < 4.78 is 5.32. The van der Waals surface area contributed by atoms with Crippen LogP contribution in [0.4, 0.5) is 5.82 Å². The van der Waals surface area contributed by atoms with E-state index in [1.165, 1.54) is 0 Å². The van der Waals surface area contributed by atoms with E-state index in [-0.39, 0.29) is 0 Å². The number of pyridine rings is 1. The van der Waals surface area contributed by atoms with Gasteiger partial charge in [-0.3, -0.25) is 0 Å². The number of anilines is 1. The lowest BCUT2D eigenvalue weighted by atomic mass is 10.1. The molecule has 0 N–H and O–H groups in total. The van der Waals surface area contributed by atoms with E-state index >= 15 is 0 Å². The van der Waals surface area contributed by atoms with Crippen LogP contribution in [0.25, 0.3) is 0 Å². The molecule has 1 aliphatic rings. The number of rotatable bonds is 2. The first-order valence-electron chi connectivity index (χ1n) is 5.00. The summed E-state index contributed by atoms with van der Waals surface area (Å²) in [6.07, 6.45) is 4.34. The first-order valence-corrected chi connectivity index (χ1v) is 5.00. The minimum Gasteiger partial charge on any atom is -0.381 e. The van der Waals surface area contributed by atoms with Crippen molar-refractivity contribution in [3.05, 3.63) is 24.4 Å². The monoisotopic (exact) mass is 191 g/mol. The van der Waals surface area contributed by atoms with Crippen LogP contribution in [-0.2, 0) is 4.74 Å². The lowest BCUT2D eigenvalue weighted by Gasteiger charge is -2.31. The maximum absolute atomic E-state index is 5.32. The average Bonchev–Trinajstić information content (AvgIpc) is 2.30. The molecule has 2 rings (SSSR count). The molecule has 3 heteroatoms. The summed E-state index contributed by atoms with van der Waals surface area (Å²) >= 11 is 0. The fraction of sp³-hybridized carbons (Fsp3) is 0.545. The van der Waals surface area contributed by atoms with Gasteiger partial charge in [0.25, 0.3) is 0 Å². The number of aromatic nitrogens is 1. The number of hydrogen-bond donors (Lipinski definition) is 0. The summed E-state index contributed by atoms with van der Waals surface area (Å²) in [6, 6.07) is 6.84. The molecule has 14 heavy (non-hydrogen) atoms. The van der Waals surface area contributed by atoms with Crippen molar-refractivity contribution < 1.29 is 4.74 Å². The molecule has 1 fully saturated rings. The van der Waals surface area contributed by atoms with E-state index in [2.05, 4.69) is 16.0 Å². The van der Waals surface area contributed by atoms with Crippen molar-refractivity contribution in [2.45, 2.75) is 18.9 Å². The van der Waals surface area contributed by atoms with Gasteiger partial charge in [-0.1, -0.05) is 0 Å². The van der Waals surface area contributed by atoms with Crippen molar-refractivity contribution in [1.29, 1.82) is 0 Å². The lowest BCUT2D eigenvalue weighted by Crippen LogP contribution is -2.37. The van der Waals surface area contributed by atoms with E-state index in [4.69, 9.17) is 4.74 Å². The van der Waals surface area contributed by atoms with E-state index in [1.54, 1.807) is 13.3 Å². The Hall–Kier alpha value is -1.09. The molecule has 0 saturated carbocycles. The summed E-state index contributed by atoms with van der Waals surface area (Å²) in [4.78, 5) is 6.58. The Morgan fingerprint density at radius 2 is 2.29 bits per heavy atom. The van der Waals surface area contributed by atoms with Gasteiger partial charge in [-0.2, -0.15) is 0 Å². The van der Waals surface area contributed by atoms with Crippen LogP contribution in [0, 0.1) is 6.07 Å². The zero-order valence-electron chi connectivity index (χ0n) is 8.44. The minimum atomic E-state index is 0.432. The molecule has 3 nitrogen and oxygen atoms in total. The smallest absolute Gasteiger partial charge is 0.128 e. The first-order chi connectivity index (χ1) is 6.90. The fourth-order valence-corrected chi connectivity index (χ4v) is 1.82. The van der Waals surface area contributed by atoms with E-state index in [0.29, 0.717) is 6.10 Å². The van der Waals surface area contributed by atoms with Gasteiger partial charge in [-0.05, 0) is 25.0 Å². The van der Waals surface area contributed by atoms with Gasteiger partial charge >= 0.3 is 0 Å². The zero-order valence-corrected chi connectivity index (χ0v) is 8.44. The van der Waals surface area contributed by atoms with Crippen LogP contribution in [0.5, 0.6) is 0 Å². The topological polar surface area (TPSA) is 25.4 Å². The van der Waals surface area contributed by atoms with Gasteiger partial charge in [0, 0.05) is 32.5 Å². The summed E-state index contributed by atoms with van der Waals surface area (Å²) in [5.41, 5.74) is 0. The number of piperidine rings is 1. The lowest BCUT2D eigenvalue weighted by molar-refractivity contribution is 0.0818. The maximum atomic E-state index is 5.32. The predicted molar refractivity (Wildman–Crippen MR) is 55.3 cm³/mol. The van der Waals surface area contributed by atoms with Crippen LogP contribution < -0.4 is 4.90 Å². The Labute approximate surface area is 84.7 Å². The van der Waals surface area contributed by atoms with Crippen LogP contribution in [0.3, 0.4) is 0 Å². The van der Waals surface area contributed by atoms with Crippen molar-refractivity contribution in [3.8, 4) is 0 Å². The molecular formula is C11H15N2O. The molecule has 0 unspecified atom stereocenters. The van der Waals surface area contributed by atoms with E-state index < -0.39 is 0 Å². The summed E-state index contributed by atoms with van der Waals surface area (Å²) in [5, 5.41) is 0. The van der Waals surface area contributed by atoms with E-state index in [0.717, 1.165) is 31.7 Å². The Morgan fingerprint density at radius 3 is 2.86 bits per heavy atom. The highest BCUT2D eigenvalue weighted by Gasteiger charge is 2.18. The molecule has 1 radical (unpaired) electrons. The standard InChI is InChI=1S/C11H15N2O/c1-14-10-5-8-13(9-6-10)11-4-2-3-7-12-11/h2,4,7,10H,5-6,8-9H2,1H3. The molecule has 0 atom stereocenters. The second-order valence-electron chi connectivity index (χ2n) is 3.54. The van der Waals surface area contributed by atoms with Crippen molar-refractivity contribution in [3.63, 3.8) is 0 Å². The average molecular weight is 191 g/mol. The van der Waals surface area contributed by atoms with E-state index in [9.17, 15) is 0 Å². The maximum Gasteiger partial charge on any atom is 0.128 e. The van der Waals surface area contributed by atoms with Crippen LogP contribution in [0.1, 0.15) is 12.8 Å². The SMILES string of the molecule is COC1CCN(c2cc[c]cn2)CC1. The predicted octanol–water partition coefficient (Wildman–Crippen LogP) is 1.50. The number of hydrogen-bond acceptors (Lipinski definition) is 3. The summed E-state index contributed by atoms with van der Waals surface area (Å²) in [6.45, 7) is 2.07. The van der Waals surface area contributed by atoms with Crippen LogP contribution in [0.2, 0.25) is 0 Å². The van der Waals surface area contributed by atoms with Crippen molar-refractivity contribution in [1.82, 2.24) is 4.98 Å². The second-order valence-corrected chi connectivity index (χ2v) is 3.54. The summed E-state index contributed by atoms with van der Waals surface area (Å²) in [5.74, 6) is 1.05. The van der Waals surface area contributed by atoms with Gasteiger partial charge in [-0.25, -0.2) is 4.98 Å². The highest BCUT2D eigenvalue weighted by molar-refractivity contribution is 5.37. The quantitative estimate of drug-likeness (QED) is 0.708. The molecule has 75 valence electrons. The highest BCUT2D eigenvalue weighted by Crippen LogP contribution is 2.18. The first kappa shape index (κ1) is 9.46. The van der Waals surface area contributed by atoms with Gasteiger partial charge < -0.3 is 9.64 Å². The molecule has 0 aromatic carbocycles. The van der Waals surface area contributed by atoms with Gasteiger partial charge in [0.1, 0.15) is 5.82 Å². The fourth-order valence-electron chi connectivity index (χ4n) is 1.82. The normalized spacial score (nSPS) is 18.5. The molecule has 1 aromatic heterocycles. The van der Waals surface area contributed by atoms with Crippen LogP contribution in [-0.4, -0.2) is 31.3 Å². The number of methoxy groups -OCH3 is 1. The highest BCUT2D eigenvalue weighted by atomic mass is 16.5. The molecule has 0 aliphatic carbocycles. The Balaban J connectivity index is 1.96. The number of nitrogens with zero attached hydrogens (tertiary/aromatic N) is 2.